The van der Waals surface area contributed by atoms with Crippen molar-refractivity contribution in [3.8, 4) is 0 Å². The van der Waals surface area contributed by atoms with Crippen molar-refractivity contribution < 1.29 is 19.1 Å². The standard InChI is InChI=1S/C35H56N2O4/c1-21(38)37-27(41-9)18-22-10-12-33(6)26(30(22,2)3)11-13-35(8)28(33)25(39)19-23-24-20-32(5,29(36)40)15-14-31(24,4)16-17-34(23,35)7/h19,22,24,26-28H,10-18,20H2,1-9H3,(H2,36,40)(H,37,38)/t22-,24+,26?,27?,28+,31+,32-,33-,34+,35+/m0/s1. The molecule has 6 heteroatoms. The largest absolute Gasteiger partial charge is 0.369 e. The van der Waals surface area contributed by atoms with Crippen LogP contribution in [0.5, 0.6) is 0 Å². The molecule has 3 N–H and O–H groups in total. The highest BCUT2D eigenvalue weighted by molar-refractivity contribution is 5.95. The van der Waals surface area contributed by atoms with Gasteiger partial charge in [0.25, 0.3) is 0 Å². The number of carbonyl (C=O) groups excluding carboxylic acids is 3. The summed E-state index contributed by atoms with van der Waals surface area (Å²) in [4.78, 5) is 38.9. The average Bonchev–Trinajstić information content (AvgIpc) is 2.87. The molecule has 41 heavy (non-hydrogen) atoms. The summed E-state index contributed by atoms with van der Waals surface area (Å²) in [5.74, 6) is 1.12. The molecular weight excluding hydrogens is 512 g/mol. The molecule has 0 aromatic rings. The highest BCUT2D eigenvalue weighted by Gasteiger charge is 2.70. The third-order valence-electron chi connectivity index (χ3n) is 14.6. The van der Waals surface area contributed by atoms with E-state index in [2.05, 4.69) is 52.9 Å². The molecule has 5 aliphatic carbocycles. The number of ketones is 1. The molecule has 5 rings (SSSR count). The third kappa shape index (κ3) is 4.31. The molecule has 10 atom stereocenters. The lowest BCUT2D eigenvalue weighted by Gasteiger charge is -2.71. The zero-order valence-electron chi connectivity index (χ0n) is 27.2. The quantitative estimate of drug-likeness (QED) is 0.367. The van der Waals surface area contributed by atoms with Crippen LogP contribution < -0.4 is 11.1 Å². The van der Waals surface area contributed by atoms with Gasteiger partial charge < -0.3 is 15.8 Å². The Morgan fingerprint density at radius 1 is 1.00 bits per heavy atom. The minimum Gasteiger partial charge on any atom is -0.369 e. The highest BCUT2D eigenvalue weighted by atomic mass is 16.5. The van der Waals surface area contributed by atoms with E-state index >= 15 is 0 Å². The minimum atomic E-state index is -0.507. The second kappa shape index (κ2) is 9.66. The van der Waals surface area contributed by atoms with Gasteiger partial charge in [-0.1, -0.05) is 54.0 Å². The van der Waals surface area contributed by atoms with Gasteiger partial charge in [0, 0.05) is 25.4 Å². The summed E-state index contributed by atoms with van der Waals surface area (Å²) in [7, 11) is 1.67. The number of hydrogen-bond donors (Lipinski definition) is 2. The molecule has 5 aliphatic rings. The van der Waals surface area contributed by atoms with Crippen LogP contribution in [0.2, 0.25) is 0 Å². The van der Waals surface area contributed by atoms with Crippen molar-refractivity contribution in [1.29, 1.82) is 0 Å². The number of carbonyl (C=O) groups is 3. The number of hydrogen-bond acceptors (Lipinski definition) is 4. The molecule has 4 saturated carbocycles. The smallest absolute Gasteiger partial charge is 0.223 e. The van der Waals surface area contributed by atoms with Gasteiger partial charge in [0.1, 0.15) is 6.23 Å². The lowest BCUT2D eigenvalue weighted by Crippen LogP contribution is -2.66. The third-order valence-corrected chi connectivity index (χ3v) is 14.6. The van der Waals surface area contributed by atoms with Crippen molar-refractivity contribution in [2.45, 2.75) is 126 Å². The maximum atomic E-state index is 14.6. The molecule has 4 fully saturated rings. The molecule has 0 aromatic carbocycles. The number of primary amides is 1. The Morgan fingerprint density at radius 2 is 1.66 bits per heavy atom. The molecule has 2 amide bonds. The summed E-state index contributed by atoms with van der Waals surface area (Å²) in [6.07, 6.45) is 11.7. The molecule has 0 bridgehead atoms. The fourth-order valence-corrected chi connectivity index (χ4v) is 11.6. The number of ether oxygens (including phenoxy) is 1. The van der Waals surface area contributed by atoms with Gasteiger partial charge in [-0.25, -0.2) is 0 Å². The number of allylic oxidation sites excluding steroid dienone is 2. The second-order valence-corrected chi connectivity index (χ2v) is 16.8. The van der Waals surface area contributed by atoms with Gasteiger partial charge in [-0.2, -0.15) is 0 Å². The van der Waals surface area contributed by atoms with Gasteiger partial charge in [-0.3, -0.25) is 14.4 Å². The Hall–Kier alpha value is -1.69. The zero-order valence-corrected chi connectivity index (χ0v) is 27.2. The first-order valence-electron chi connectivity index (χ1n) is 16.2. The predicted octanol–water partition coefficient (Wildman–Crippen LogP) is 6.57. The lowest BCUT2D eigenvalue weighted by molar-refractivity contribution is -0.196. The van der Waals surface area contributed by atoms with Crippen LogP contribution in [0, 0.1) is 56.2 Å². The van der Waals surface area contributed by atoms with Crippen molar-refractivity contribution in [1.82, 2.24) is 5.32 Å². The summed E-state index contributed by atoms with van der Waals surface area (Å²) in [5, 5.41) is 2.98. The van der Waals surface area contributed by atoms with Crippen molar-refractivity contribution in [3.05, 3.63) is 11.6 Å². The van der Waals surface area contributed by atoms with E-state index in [0.717, 1.165) is 64.2 Å². The first-order chi connectivity index (χ1) is 18.9. The van der Waals surface area contributed by atoms with E-state index in [1.807, 2.05) is 6.92 Å². The SMILES string of the molecule is COC(C[C@@H]1CC[C@@]2(C)C(CC[C@]3(C)[C@@H]2C(=O)C=C2[C@H]4C[C@@](C)(C(N)=O)CC[C@]4(C)CC[C@]23C)C1(C)C)NC(C)=O. The van der Waals surface area contributed by atoms with E-state index < -0.39 is 5.41 Å². The van der Waals surface area contributed by atoms with Crippen LogP contribution in [0.15, 0.2) is 11.6 Å². The minimum absolute atomic E-state index is 0.00763. The summed E-state index contributed by atoms with van der Waals surface area (Å²) in [6, 6.07) is 0. The van der Waals surface area contributed by atoms with Crippen LogP contribution in [0.4, 0.5) is 0 Å². The van der Waals surface area contributed by atoms with E-state index in [1.54, 1.807) is 14.0 Å². The Kier molecular flexibility index (Phi) is 7.24. The Labute approximate surface area is 248 Å². The fourth-order valence-electron chi connectivity index (χ4n) is 11.6. The molecule has 0 heterocycles. The molecular formula is C35H56N2O4. The van der Waals surface area contributed by atoms with Gasteiger partial charge >= 0.3 is 0 Å². The Balaban J connectivity index is 1.51. The summed E-state index contributed by atoms with van der Waals surface area (Å²) in [6.45, 7) is 18.1. The van der Waals surface area contributed by atoms with Crippen LogP contribution in [0.1, 0.15) is 120 Å². The van der Waals surface area contributed by atoms with Gasteiger partial charge in [-0.05, 0) is 115 Å². The number of rotatable bonds is 5. The van der Waals surface area contributed by atoms with Crippen LogP contribution >= 0.6 is 0 Å². The van der Waals surface area contributed by atoms with E-state index in [9.17, 15) is 14.4 Å². The molecule has 0 aromatic heterocycles. The maximum Gasteiger partial charge on any atom is 0.223 e. The predicted molar refractivity (Wildman–Crippen MR) is 161 cm³/mol. The molecule has 230 valence electrons. The number of nitrogens with two attached hydrogens (primary N) is 1. The summed E-state index contributed by atoms with van der Waals surface area (Å²) < 4.78 is 5.67. The topological polar surface area (TPSA) is 98.5 Å². The van der Waals surface area contributed by atoms with E-state index in [1.165, 1.54) is 5.57 Å². The lowest BCUT2D eigenvalue weighted by atomic mass is 9.33. The first kappa shape index (κ1) is 30.8. The molecule has 2 unspecified atom stereocenters. The molecule has 0 saturated heterocycles. The first-order valence-corrected chi connectivity index (χ1v) is 16.2. The molecule has 0 aliphatic heterocycles. The van der Waals surface area contributed by atoms with Crippen molar-refractivity contribution in [2.75, 3.05) is 7.11 Å². The van der Waals surface area contributed by atoms with Gasteiger partial charge in [-0.15, -0.1) is 0 Å². The molecule has 0 spiro atoms. The van der Waals surface area contributed by atoms with E-state index in [-0.39, 0.29) is 57.0 Å². The van der Waals surface area contributed by atoms with E-state index in [0.29, 0.717) is 17.6 Å². The van der Waals surface area contributed by atoms with E-state index in [4.69, 9.17) is 10.5 Å². The maximum absolute atomic E-state index is 14.6. The Bertz CT molecular complexity index is 1160. The summed E-state index contributed by atoms with van der Waals surface area (Å²) >= 11 is 0. The van der Waals surface area contributed by atoms with Crippen LogP contribution in [-0.4, -0.2) is 30.9 Å². The average molecular weight is 569 g/mol. The molecule has 6 nitrogen and oxygen atoms in total. The summed E-state index contributed by atoms with van der Waals surface area (Å²) in [5.41, 5.74) is 6.67. The monoisotopic (exact) mass is 568 g/mol. The van der Waals surface area contributed by atoms with Crippen molar-refractivity contribution in [3.63, 3.8) is 0 Å². The zero-order chi connectivity index (χ0) is 30.4. The number of fused-ring (bicyclic) bond motifs is 7. The number of methoxy groups -OCH3 is 1. The highest BCUT2D eigenvalue weighted by Crippen LogP contribution is 2.75. The van der Waals surface area contributed by atoms with Gasteiger partial charge in [0.15, 0.2) is 5.78 Å². The van der Waals surface area contributed by atoms with Crippen LogP contribution in [0.3, 0.4) is 0 Å². The van der Waals surface area contributed by atoms with Crippen molar-refractivity contribution in [2.24, 2.45) is 61.9 Å². The number of amides is 2. The Morgan fingerprint density at radius 3 is 2.27 bits per heavy atom. The normalized spacial score (nSPS) is 47.5. The van der Waals surface area contributed by atoms with Crippen molar-refractivity contribution >= 4 is 17.6 Å². The van der Waals surface area contributed by atoms with Gasteiger partial charge in [0.05, 0.1) is 0 Å². The molecule has 0 radical (unpaired) electrons. The fraction of sp³-hybridized carbons (Fsp3) is 0.857. The van der Waals surface area contributed by atoms with Crippen LogP contribution in [0.25, 0.3) is 0 Å². The van der Waals surface area contributed by atoms with Gasteiger partial charge in [0.2, 0.25) is 11.8 Å². The van der Waals surface area contributed by atoms with Crippen LogP contribution in [-0.2, 0) is 19.1 Å². The second-order valence-electron chi connectivity index (χ2n) is 16.8. The number of nitrogens with one attached hydrogen (secondary N) is 1.